The molecule has 0 rings (SSSR count). The molecule has 0 N–H and O–H groups in total. The van der Waals surface area contributed by atoms with E-state index in [0.717, 1.165) is 0 Å². The third kappa shape index (κ3) is 20.9. The van der Waals surface area contributed by atoms with Crippen LogP contribution in [0.15, 0.2) is 0 Å². The fraction of sp³-hybridized carbons (Fsp3) is 0. The molecule has 0 aliphatic rings. The van der Waals surface area contributed by atoms with Gasteiger partial charge < -0.3 is 0 Å². The van der Waals surface area contributed by atoms with Gasteiger partial charge in [0.15, 0.2) is 0 Å². The third-order valence-corrected chi connectivity index (χ3v) is 0. The molecule has 0 fully saturated rings. The van der Waals surface area contributed by atoms with Crippen LogP contribution in [0.4, 0.5) is 0 Å². The Labute approximate surface area is 85.1 Å². The first-order chi connectivity index (χ1) is 1.41. The van der Waals surface area contributed by atoms with Crippen molar-refractivity contribution in [2.75, 3.05) is 0 Å². The molecule has 0 aromatic heterocycles. The topological polar surface area (TPSA) is 9.23 Å². The second-order valence-electron chi connectivity index (χ2n) is 0.0583. The standard InChI is InChI=1S/Cl2O.Y.Zr/c1-3-2;;. The minimum atomic E-state index is 0. The molecule has 0 aromatic rings. The summed E-state index contributed by atoms with van der Waals surface area (Å²) < 4.78 is 3.19. The van der Waals surface area contributed by atoms with Gasteiger partial charge in [-0.2, -0.15) is 3.84 Å². The van der Waals surface area contributed by atoms with E-state index in [9.17, 15) is 0 Å². The molecule has 0 aromatic carbocycles. The normalized spacial score (nSPS) is 3.60. The molecule has 1 nitrogen and oxygen atoms in total. The van der Waals surface area contributed by atoms with Gasteiger partial charge in [0.05, 0.1) is 23.7 Å². The van der Waals surface area contributed by atoms with Crippen molar-refractivity contribution in [2.24, 2.45) is 0 Å². The Morgan fingerprint density at radius 1 is 1.20 bits per heavy atom. The van der Waals surface area contributed by atoms with Crippen LogP contribution in [0.1, 0.15) is 0 Å². The molecule has 0 saturated carbocycles. The number of rotatable bonds is 0. The number of halogens is 2. The average Bonchev–Trinajstić information content (AvgIpc) is 0.918. The first-order valence-electron chi connectivity index (χ1n) is 0.309. The van der Waals surface area contributed by atoms with Crippen molar-refractivity contribution < 1.29 is 62.8 Å². The molecule has 0 amide bonds. The van der Waals surface area contributed by atoms with E-state index in [1.54, 1.807) is 0 Å². The van der Waals surface area contributed by atoms with E-state index >= 15 is 0 Å². The van der Waals surface area contributed by atoms with Gasteiger partial charge >= 0.3 is 0 Å². The summed E-state index contributed by atoms with van der Waals surface area (Å²) in [4.78, 5) is 0. The van der Waals surface area contributed by atoms with Gasteiger partial charge in [-0.25, -0.2) is 0 Å². The van der Waals surface area contributed by atoms with Crippen molar-refractivity contribution in [3.05, 3.63) is 0 Å². The first kappa shape index (κ1) is 15.6. The van der Waals surface area contributed by atoms with Gasteiger partial charge in [-0.15, -0.1) is 0 Å². The molecule has 1 radical (unpaired) electrons. The monoisotopic (exact) mass is 265 g/mol. The zero-order valence-electron chi connectivity index (χ0n) is 2.24. The van der Waals surface area contributed by atoms with Crippen molar-refractivity contribution in [1.82, 2.24) is 0 Å². The van der Waals surface area contributed by atoms with E-state index in [0.29, 0.717) is 0 Å². The molecule has 0 spiro atoms. The molecule has 0 bridgehead atoms. The minimum Gasteiger partial charge on any atom is -0.166 e. The van der Waals surface area contributed by atoms with Gasteiger partial charge in [0, 0.05) is 58.9 Å². The van der Waals surface area contributed by atoms with E-state index in [1.165, 1.54) is 0 Å². The molecular formula is Cl2OYZr. The molecule has 0 aliphatic heterocycles. The Balaban J connectivity index is -0.0000000200. The maximum atomic E-state index is 4.26. The van der Waals surface area contributed by atoms with Gasteiger partial charge in [0.1, 0.15) is 0 Å². The largest absolute Gasteiger partial charge is 0.166 e. The molecule has 5 heavy (non-hydrogen) atoms. The molecule has 0 atom stereocenters. The zero-order valence-corrected chi connectivity index (χ0v) is 9.05. The minimum absolute atomic E-state index is 0. The van der Waals surface area contributed by atoms with Crippen LogP contribution in [0.2, 0.25) is 0 Å². The fourth-order valence-corrected chi connectivity index (χ4v) is 0. The van der Waals surface area contributed by atoms with Gasteiger partial charge in [-0.05, 0) is 0 Å². The van der Waals surface area contributed by atoms with E-state index in [2.05, 4.69) is 27.6 Å². The predicted octanol–water partition coefficient (Wildman–Crippen LogP) is 1.31. The van der Waals surface area contributed by atoms with E-state index < -0.39 is 0 Å². The van der Waals surface area contributed by atoms with E-state index in [4.69, 9.17) is 0 Å². The predicted molar refractivity (Wildman–Crippen MR) is 12.8 cm³/mol. The number of hydrogen-bond donors (Lipinski definition) is 0. The summed E-state index contributed by atoms with van der Waals surface area (Å²) in [6.07, 6.45) is 0. The van der Waals surface area contributed by atoms with Crippen molar-refractivity contribution in [3.8, 4) is 0 Å². The summed E-state index contributed by atoms with van der Waals surface area (Å²) in [5, 5.41) is 0. The Hall–Kier alpha value is 2.53. The zero-order chi connectivity index (χ0) is 2.71. The summed E-state index contributed by atoms with van der Waals surface area (Å²) in [5.41, 5.74) is 0. The maximum absolute atomic E-state index is 4.26. The van der Waals surface area contributed by atoms with Gasteiger partial charge in [0.2, 0.25) is 0 Å². The van der Waals surface area contributed by atoms with Gasteiger partial charge in [-0.3, -0.25) is 0 Å². The SMILES string of the molecule is ClOCl.[Y].[Zr]. The van der Waals surface area contributed by atoms with Crippen LogP contribution in [0.5, 0.6) is 0 Å². The molecule has 0 unspecified atom stereocenters. The van der Waals surface area contributed by atoms with Crippen molar-refractivity contribution in [3.63, 3.8) is 0 Å². The van der Waals surface area contributed by atoms with Crippen LogP contribution in [-0.2, 0) is 62.8 Å². The first-order valence-corrected chi connectivity index (χ1v) is 0.926. The Morgan fingerprint density at radius 2 is 1.20 bits per heavy atom. The van der Waals surface area contributed by atoms with Crippen LogP contribution in [0.25, 0.3) is 0 Å². The fourth-order valence-electron chi connectivity index (χ4n) is 0. The Kier molecular flexibility index (Phi) is 50.2. The van der Waals surface area contributed by atoms with E-state index in [-0.39, 0.29) is 58.9 Å². The summed E-state index contributed by atoms with van der Waals surface area (Å²) in [5.74, 6) is 0. The average molecular weight is 267 g/mol. The summed E-state index contributed by atoms with van der Waals surface area (Å²) in [6, 6.07) is 0. The van der Waals surface area contributed by atoms with Crippen LogP contribution in [0, 0.1) is 0 Å². The van der Waals surface area contributed by atoms with Crippen LogP contribution < -0.4 is 0 Å². The summed E-state index contributed by atoms with van der Waals surface area (Å²) in [6.45, 7) is 0. The van der Waals surface area contributed by atoms with Gasteiger partial charge in [0.25, 0.3) is 0 Å². The molecule has 0 saturated heterocycles. The Morgan fingerprint density at radius 3 is 1.20 bits per heavy atom. The number of hydrogen-bond acceptors (Lipinski definition) is 1. The second-order valence-corrected chi connectivity index (χ2v) is 0.525. The van der Waals surface area contributed by atoms with Gasteiger partial charge in [-0.1, -0.05) is 0 Å². The molecule has 0 heterocycles. The molecule has 0 aliphatic carbocycles. The Bertz CT molecular complexity index is 9.61. The van der Waals surface area contributed by atoms with Crippen molar-refractivity contribution in [1.29, 1.82) is 0 Å². The van der Waals surface area contributed by atoms with Crippen LogP contribution in [0.3, 0.4) is 0 Å². The smallest absolute Gasteiger partial charge is 0.0832 e. The van der Waals surface area contributed by atoms with Crippen molar-refractivity contribution in [2.45, 2.75) is 0 Å². The summed E-state index contributed by atoms with van der Waals surface area (Å²) >= 11 is 8.53. The quantitative estimate of drug-likeness (QED) is 0.643. The third-order valence-electron chi connectivity index (χ3n) is 0. The molecule has 5 heteroatoms. The molecular weight excluding hydrogens is 267 g/mol. The van der Waals surface area contributed by atoms with Crippen molar-refractivity contribution >= 4 is 23.7 Å². The maximum Gasteiger partial charge on any atom is 0.0832 e. The van der Waals surface area contributed by atoms with Crippen LogP contribution >= 0.6 is 23.7 Å². The molecule has 27 valence electrons. The second kappa shape index (κ2) is 16.0. The van der Waals surface area contributed by atoms with E-state index in [1.807, 2.05) is 0 Å². The van der Waals surface area contributed by atoms with Crippen LogP contribution in [-0.4, -0.2) is 0 Å². The summed E-state index contributed by atoms with van der Waals surface area (Å²) in [7, 11) is 0.